The van der Waals surface area contributed by atoms with Crippen LogP contribution in [0.2, 0.25) is 5.02 Å². The van der Waals surface area contributed by atoms with Crippen LogP contribution in [0.4, 0.5) is 11.4 Å². The smallest absolute Gasteiger partial charge is 0.308 e. The predicted molar refractivity (Wildman–Crippen MR) is 97.5 cm³/mol. The molecule has 0 bridgehead atoms. The molecule has 0 saturated heterocycles. The number of carbonyl (C=O) groups excluding carboxylic acids is 1. The number of hydrogen-bond donors (Lipinski definition) is 2. The molecule has 0 spiro atoms. The molecule has 1 aliphatic heterocycles. The monoisotopic (exact) mass is 344 g/mol. The first kappa shape index (κ1) is 16.7. The molecule has 4 nitrogen and oxygen atoms in total. The van der Waals surface area contributed by atoms with Gasteiger partial charge >= 0.3 is 5.97 Å². The van der Waals surface area contributed by atoms with Gasteiger partial charge in [-0.3, -0.25) is 4.79 Å². The van der Waals surface area contributed by atoms with Crippen LogP contribution in [0.5, 0.6) is 5.75 Å². The Balaban J connectivity index is 1.97. The van der Waals surface area contributed by atoms with Gasteiger partial charge < -0.3 is 15.8 Å². The van der Waals surface area contributed by atoms with Crippen LogP contribution in [0.3, 0.4) is 0 Å². The highest BCUT2D eigenvalue weighted by molar-refractivity contribution is 6.30. The number of nitrogen functional groups attached to an aromatic ring is 1. The van der Waals surface area contributed by atoms with Crippen molar-refractivity contribution in [3.63, 3.8) is 0 Å². The van der Waals surface area contributed by atoms with Gasteiger partial charge in [0.05, 0.1) is 6.04 Å². The Labute approximate surface area is 147 Å². The molecule has 0 aliphatic carbocycles. The van der Waals surface area contributed by atoms with Gasteiger partial charge in [0, 0.05) is 23.3 Å². The van der Waals surface area contributed by atoms with Crippen LogP contribution in [-0.2, 0) is 11.2 Å². The molecular formula is C19H21ClN2O2. The number of rotatable bonds is 2. The number of ether oxygens (including phenoxy) is 1. The maximum absolute atomic E-state index is 11.1. The number of fused-ring (bicyclic) bond motifs is 1. The molecule has 1 aliphatic rings. The van der Waals surface area contributed by atoms with Gasteiger partial charge in [-0.15, -0.1) is 0 Å². The van der Waals surface area contributed by atoms with E-state index in [4.69, 9.17) is 22.1 Å². The summed E-state index contributed by atoms with van der Waals surface area (Å²) < 4.78 is 5.19. The molecule has 3 N–H and O–H groups in total. The highest BCUT2D eigenvalue weighted by Crippen LogP contribution is 2.46. The van der Waals surface area contributed by atoms with E-state index in [2.05, 4.69) is 19.2 Å². The van der Waals surface area contributed by atoms with Crippen LogP contribution in [0, 0.1) is 5.41 Å². The fraction of sp³-hybridized carbons (Fsp3) is 0.316. The first-order valence-corrected chi connectivity index (χ1v) is 8.26. The first-order valence-electron chi connectivity index (χ1n) is 7.88. The van der Waals surface area contributed by atoms with E-state index in [1.807, 2.05) is 24.3 Å². The van der Waals surface area contributed by atoms with Gasteiger partial charge in [-0.05, 0) is 59.4 Å². The van der Waals surface area contributed by atoms with Crippen molar-refractivity contribution in [1.82, 2.24) is 0 Å². The number of esters is 1. The maximum Gasteiger partial charge on any atom is 0.308 e. The average Bonchev–Trinajstić information content (AvgIpc) is 2.43. The van der Waals surface area contributed by atoms with Crippen LogP contribution in [0.1, 0.15) is 37.9 Å². The van der Waals surface area contributed by atoms with Gasteiger partial charge in [-0.25, -0.2) is 0 Å². The predicted octanol–water partition coefficient (Wildman–Crippen LogP) is 4.58. The normalized spacial score (nSPS) is 18.4. The van der Waals surface area contributed by atoms with Crippen LogP contribution in [0.25, 0.3) is 0 Å². The zero-order valence-corrected chi connectivity index (χ0v) is 14.8. The molecule has 1 heterocycles. The summed E-state index contributed by atoms with van der Waals surface area (Å²) in [6.07, 6.45) is 0.849. The fourth-order valence-corrected chi connectivity index (χ4v) is 3.62. The minimum atomic E-state index is -0.315. The van der Waals surface area contributed by atoms with Crippen LogP contribution < -0.4 is 15.8 Å². The summed E-state index contributed by atoms with van der Waals surface area (Å²) in [5.41, 5.74) is 9.79. The molecule has 1 unspecified atom stereocenters. The summed E-state index contributed by atoms with van der Waals surface area (Å²) in [4.78, 5) is 11.1. The topological polar surface area (TPSA) is 64.3 Å². The third-order valence-corrected chi connectivity index (χ3v) is 4.56. The standard InChI is InChI=1S/C19H21ClN2O2/c1-11(23)24-16-4-5-17-13(8-16)10-19(2,3)18(22-17)12-6-14(20)9-15(21)7-12/h4-9,18,22H,10,21H2,1-3H3. The second-order valence-corrected chi connectivity index (χ2v) is 7.41. The lowest BCUT2D eigenvalue weighted by Gasteiger charge is -2.41. The number of hydrogen-bond acceptors (Lipinski definition) is 4. The number of nitrogens with two attached hydrogens (primary N) is 1. The number of nitrogens with one attached hydrogen (secondary N) is 1. The van der Waals surface area contributed by atoms with E-state index in [1.165, 1.54) is 6.92 Å². The third kappa shape index (κ3) is 3.34. The molecule has 24 heavy (non-hydrogen) atoms. The van der Waals surface area contributed by atoms with E-state index in [0.717, 1.165) is 23.2 Å². The molecule has 0 aromatic heterocycles. The molecule has 126 valence electrons. The van der Waals surface area contributed by atoms with Crippen LogP contribution in [0.15, 0.2) is 36.4 Å². The molecule has 0 amide bonds. The van der Waals surface area contributed by atoms with Crippen LogP contribution >= 0.6 is 11.6 Å². The van der Waals surface area contributed by atoms with Gasteiger partial charge in [0.15, 0.2) is 0 Å². The van der Waals surface area contributed by atoms with Crippen molar-refractivity contribution in [2.75, 3.05) is 11.1 Å². The van der Waals surface area contributed by atoms with E-state index >= 15 is 0 Å². The molecular weight excluding hydrogens is 324 g/mol. The van der Waals surface area contributed by atoms with Crippen molar-refractivity contribution >= 4 is 28.9 Å². The summed E-state index contributed by atoms with van der Waals surface area (Å²) in [6, 6.07) is 11.4. The van der Waals surface area contributed by atoms with Crippen LogP contribution in [-0.4, -0.2) is 5.97 Å². The zero-order valence-electron chi connectivity index (χ0n) is 14.0. The molecule has 0 radical (unpaired) electrons. The zero-order chi connectivity index (χ0) is 17.5. The number of carbonyl (C=O) groups is 1. The number of benzene rings is 2. The molecule has 2 aromatic carbocycles. The van der Waals surface area contributed by atoms with Crippen molar-refractivity contribution in [1.29, 1.82) is 0 Å². The largest absolute Gasteiger partial charge is 0.427 e. The summed E-state index contributed by atoms with van der Waals surface area (Å²) in [5, 5.41) is 4.22. The number of halogens is 1. The maximum atomic E-state index is 11.1. The summed E-state index contributed by atoms with van der Waals surface area (Å²) in [6.45, 7) is 5.80. The lowest BCUT2D eigenvalue weighted by atomic mass is 9.73. The van der Waals surface area contributed by atoms with Gasteiger partial charge in [0.2, 0.25) is 0 Å². The minimum absolute atomic E-state index is 0.0566. The summed E-state index contributed by atoms with van der Waals surface area (Å²) in [5.74, 6) is 0.259. The molecule has 0 fully saturated rings. The SMILES string of the molecule is CC(=O)Oc1ccc2c(c1)CC(C)(C)C(c1cc(N)cc(Cl)c1)N2. The van der Waals surface area contributed by atoms with E-state index in [9.17, 15) is 4.79 Å². The van der Waals surface area contributed by atoms with Gasteiger partial charge in [-0.2, -0.15) is 0 Å². The Hall–Kier alpha value is -2.20. The van der Waals surface area contributed by atoms with Crippen molar-refractivity contribution in [3.05, 3.63) is 52.5 Å². The van der Waals surface area contributed by atoms with Gasteiger partial charge in [-0.1, -0.05) is 25.4 Å². The fourth-order valence-electron chi connectivity index (χ4n) is 3.37. The van der Waals surface area contributed by atoms with Crippen molar-refractivity contribution < 1.29 is 9.53 Å². The number of anilines is 2. The highest BCUT2D eigenvalue weighted by atomic mass is 35.5. The molecule has 5 heteroatoms. The Morgan fingerprint density at radius 2 is 2.04 bits per heavy atom. The van der Waals surface area contributed by atoms with Crippen molar-refractivity contribution in [2.24, 2.45) is 5.41 Å². The summed E-state index contributed by atoms with van der Waals surface area (Å²) >= 11 is 6.18. The molecule has 3 rings (SSSR count). The second-order valence-electron chi connectivity index (χ2n) is 6.97. The minimum Gasteiger partial charge on any atom is -0.427 e. The lowest BCUT2D eigenvalue weighted by Crippen LogP contribution is -2.35. The first-order chi connectivity index (χ1) is 11.2. The Bertz CT molecular complexity index is 782. The average molecular weight is 345 g/mol. The summed E-state index contributed by atoms with van der Waals surface area (Å²) in [7, 11) is 0. The van der Waals surface area contributed by atoms with E-state index in [0.29, 0.717) is 16.5 Å². The van der Waals surface area contributed by atoms with Crippen molar-refractivity contribution in [2.45, 2.75) is 33.2 Å². The third-order valence-electron chi connectivity index (χ3n) is 4.34. The van der Waals surface area contributed by atoms with E-state index < -0.39 is 0 Å². The molecule has 2 aromatic rings. The quantitative estimate of drug-likeness (QED) is 0.475. The van der Waals surface area contributed by atoms with Gasteiger partial charge in [0.1, 0.15) is 5.75 Å². The molecule has 1 atom stereocenters. The van der Waals surface area contributed by atoms with Crippen molar-refractivity contribution in [3.8, 4) is 5.75 Å². The lowest BCUT2D eigenvalue weighted by molar-refractivity contribution is -0.131. The van der Waals surface area contributed by atoms with Gasteiger partial charge in [0.25, 0.3) is 0 Å². The van der Waals surface area contributed by atoms with E-state index in [-0.39, 0.29) is 17.4 Å². The molecule has 0 saturated carbocycles. The van der Waals surface area contributed by atoms with E-state index in [1.54, 1.807) is 12.1 Å². The Morgan fingerprint density at radius 1 is 1.29 bits per heavy atom. The second kappa shape index (κ2) is 6.02. The highest BCUT2D eigenvalue weighted by Gasteiger charge is 2.36. The Morgan fingerprint density at radius 3 is 2.71 bits per heavy atom. The Kier molecular flexibility index (Phi) is 4.18.